The molecule has 0 aliphatic heterocycles. The number of aromatic nitrogens is 2. The fourth-order valence-electron chi connectivity index (χ4n) is 5.51. The van der Waals surface area contributed by atoms with Gasteiger partial charge < -0.3 is 23.7 Å². The number of ether oxygens (including phenoxy) is 2. The number of aliphatic hydroxyl groups is 1. The highest BCUT2D eigenvalue weighted by molar-refractivity contribution is 5.75. The molecule has 39 heavy (non-hydrogen) atoms. The first-order valence-corrected chi connectivity index (χ1v) is 15.2. The number of methoxy groups -OCH3 is 2. The van der Waals surface area contributed by atoms with Gasteiger partial charge in [0.25, 0.3) is 0 Å². The van der Waals surface area contributed by atoms with Crippen LogP contribution in [0.25, 0.3) is 11.0 Å². The van der Waals surface area contributed by atoms with Gasteiger partial charge in [-0.15, -0.1) is 0 Å². The molecule has 0 unspecified atom stereocenters. The van der Waals surface area contributed by atoms with Gasteiger partial charge in [-0.25, -0.2) is 0 Å². The third-order valence-corrected chi connectivity index (χ3v) is 7.86. The van der Waals surface area contributed by atoms with Gasteiger partial charge in [0, 0.05) is 6.54 Å². The van der Waals surface area contributed by atoms with Gasteiger partial charge >= 0.3 is 0 Å². The molecule has 0 saturated carbocycles. The number of hydrogen-bond acceptors (Lipinski definition) is 4. The molecule has 0 aliphatic rings. The standard InChI is InChI=1S/C33H51N3O3/c1-4-5-6-7-8-9-10-11-12-13-14-15-16-19-24-35-28-20-17-18-21-29(28)36(33(35)34)26-30(37)27-22-23-31(38-2)32(25-27)39-3/h17-18,20-23,25,30,34,37H,4-16,19,24,26H2,1-3H3/t30-/m0/s1. The number of aryl methyl sites for hydroxylation is 1. The lowest BCUT2D eigenvalue weighted by Gasteiger charge is -2.15. The highest BCUT2D eigenvalue weighted by Gasteiger charge is 2.17. The molecule has 0 amide bonds. The van der Waals surface area contributed by atoms with Crippen LogP contribution in [0.3, 0.4) is 0 Å². The molecule has 0 radical (unpaired) electrons. The van der Waals surface area contributed by atoms with Crippen LogP contribution in [0.1, 0.15) is 108 Å². The molecule has 0 aliphatic carbocycles. The van der Waals surface area contributed by atoms with E-state index in [1.165, 1.54) is 83.5 Å². The van der Waals surface area contributed by atoms with Crippen molar-refractivity contribution in [3.05, 3.63) is 53.6 Å². The molecule has 3 aromatic rings. The van der Waals surface area contributed by atoms with Crippen LogP contribution < -0.4 is 15.1 Å². The number of hydrogen-bond donors (Lipinski definition) is 2. The second-order valence-corrected chi connectivity index (χ2v) is 10.8. The number of unbranched alkanes of at least 4 members (excludes halogenated alkanes) is 13. The normalized spacial score (nSPS) is 12.2. The van der Waals surface area contributed by atoms with E-state index in [1.54, 1.807) is 14.2 Å². The second-order valence-electron chi connectivity index (χ2n) is 10.8. The van der Waals surface area contributed by atoms with Gasteiger partial charge in [-0.2, -0.15) is 0 Å². The molecule has 0 spiro atoms. The molecule has 1 aromatic heterocycles. The van der Waals surface area contributed by atoms with Crippen molar-refractivity contribution in [2.75, 3.05) is 14.2 Å². The molecule has 1 heterocycles. The molecule has 0 fully saturated rings. The van der Waals surface area contributed by atoms with Gasteiger partial charge in [-0.3, -0.25) is 5.41 Å². The zero-order valence-electron chi connectivity index (χ0n) is 24.6. The Kier molecular flexibility index (Phi) is 13.5. The van der Waals surface area contributed by atoms with Crippen molar-refractivity contribution in [3.63, 3.8) is 0 Å². The average Bonchev–Trinajstić information content (AvgIpc) is 3.22. The van der Waals surface area contributed by atoms with Crippen molar-refractivity contribution in [2.24, 2.45) is 0 Å². The minimum Gasteiger partial charge on any atom is -0.493 e. The molecular weight excluding hydrogens is 486 g/mol. The summed E-state index contributed by atoms with van der Waals surface area (Å²) in [5, 5.41) is 20.0. The van der Waals surface area contributed by atoms with Gasteiger partial charge in [0.05, 0.1) is 37.9 Å². The minimum atomic E-state index is -0.765. The smallest absolute Gasteiger partial charge is 0.203 e. The van der Waals surface area contributed by atoms with E-state index in [4.69, 9.17) is 14.9 Å². The Balaban J connectivity index is 1.46. The van der Waals surface area contributed by atoms with Gasteiger partial charge in [0.2, 0.25) is 5.62 Å². The molecule has 0 saturated heterocycles. The number of aliphatic hydroxyl groups excluding tert-OH is 1. The summed E-state index contributed by atoms with van der Waals surface area (Å²) < 4.78 is 14.7. The van der Waals surface area contributed by atoms with E-state index in [-0.39, 0.29) is 0 Å². The first kappa shape index (κ1) is 30.8. The monoisotopic (exact) mass is 537 g/mol. The molecular formula is C33H51N3O3. The lowest BCUT2D eigenvalue weighted by Crippen LogP contribution is -2.26. The highest BCUT2D eigenvalue weighted by Crippen LogP contribution is 2.30. The van der Waals surface area contributed by atoms with Gasteiger partial charge in [0.15, 0.2) is 11.5 Å². The Labute approximate surface area is 235 Å². The van der Waals surface area contributed by atoms with Crippen LogP contribution in [0.4, 0.5) is 0 Å². The zero-order valence-corrected chi connectivity index (χ0v) is 24.6. The lowest BCUT2D eigenvalue weighted by atomic mass is 10.0. The lowest BCUT2D eigenvalue weighted by molar-refractivity contribution is 0.155. The van der Waals surface area contributed by atoms with Gasteiger partial charge in [-0.05, 0) is 36.2 Å². The summed E-state index contributed by atoms with van der Waals surface area (Å²) in [6.45, 7) is 3.41. The topological polar surface area (TPSA) is 72.4 Å². The van der Waals surface area contributed by atoms with Crippen molar-refractivity contribution < 1.29 is 14.6 Å². The Hall–Kier alpha value is -2.73. The Morgan fingerprint density at radius 3 is 1.74 bits per heavy atom. The van der Waals surface area contributed by atoms with Crippen LogP contribution in [0, 0.1) is 5.41 Å². The van der Waals surface area contributed by atoms with Crippen LogP contribution in [0.2, 0.25) is 0 Å². The van der Waals surface area contributed by atoms with E-state index in [1.807, 2.05) is 41.0 Å². The van der Waals surface area contributed by atoms with Gasteiger partial charge in [-0.1, -0.05) is 109 Å². The molecule has 2 aromatic carbocycles. The Morgan fingerprint density at radius 1 is 0.692 bits per heavy atom. The van der Waals surface area contributed by atoms with E-state index >= 15 is 0 Å². The van der Waals surface area contributed by atoms with E-state index in [9.17, 15) is 5.11 Å². The fourth-order valence-corrected chi connectivity index (χ4v) is 5.51. The van der Waals surface area contributed by atoms with Crippen LogP contribution in [0.15, 0.2) is 42.5 Å². The Morgan fingerprint density at radius 2 is 1.21 bits per heavy atom. The number of fused-ring (bicyclic) bond motifs is 1. The predicted molar refractivity (Wildman–Crippen MR) is 161 cm³/mol. The maximum absolute atomic E-state index is 11.0. The van der Waals surface area contributed by atoms with Crippen LogP contribution in [-0.2, 0) is 13.1 Å². The number of para-hydroxylation sites is 2. The third kappa shape index (κ3) is 9.16. The average molecular weight is 538 g/mol. The minimum absolute atomic E-state index is 0.306. The summed E-state index contributed by atoms with van der Waals surface area (Å²) in [5.74, 6) is 1.22. The van der Waals surface area contributed by atoms with Crippen molar-refractivity contribution in [1.29, 1.82) is 5.41 Å². The number of imidazole rings is 1. The molecule has 3 rings (SSSR count). The molecule has 1 atom stereocenters. The summed E-state index contributed by atoms with van der Waals surface area (Å²) in [6.07, 6.45) is 18.0. The maximum atomic E-state index is 11.0. The van der Waals surface area contributed by atoms with Crippen LogP contribution in [-0.4, -0.2) is 28.5 Å². The van der Waals surface area contributed by atoms with Crippen LogP contribution in [0.5, 0.6) is 11.5 Å². The summed E-state index contributed by atoms with van der Waals surface area (Å²) in [7, 11) is 3.19. The number of rotatable bonds is 20. The fraction of sp³-hybridized carbons (Fsp3) is 0.606. The maximum Gasteiger partial charge on any atom is 0.203 e. The van der Waals surface area contributed by atoms with Crippen molar-refractivity contribution in [3.8, 4) is 11.5 Å². The number of benzene rings is 2. The van der Waals surface area contributed by atoms with E-state index in [0.717, 1.165) is 29.6 Å². The molecule has 6 heteroatoms. The first-order valence-electron chi connectivity index (χ1n) is 15.2. The number of nitrogens with one attached hydrogen (secondary N) is 1. The summed E-state index contributed by atoms with van der Waals surface area (Å²) in [6, 6.07) is 13.6. The summed E-state index contributed by atoms with van der Waals surface area (Å²) in [4.78, 5) is 0. The van der Waals surface area contributed by atoms with Gasteiger partial charge in [0.1, 0.15) is 0 Å². The predicted octanol–water partition coefficient (Wildman–Crippen LogP) is 8.15. The zero-order chi connectivity index (χ0) is 27.9. The molecule has 0 bridgehead atoms. The van der Waals surface area contributed by atoms with E-state index in [2.05, 4.69) is 17.6 Å². The molecule has 6 nitrogen and oxygen atoms in total. The SMILES string of the molecule is CCCCCCCCCCCCCCCCn1c(=N)n(C[C@H](O)c2ccc(OC)c(OC)c2)c2ccccc21. The molecule has 216 valence electrons. The number of nitrogens with zero attached hydrogens (tertiary/aromatic N) is 2. The van der Waals surface area contributed by atoms with E-state index in [0.29, 0.717) is 23.7 Å². The van der Waals surface area contributed by atoms with Crippen LogP contribution >= 0.6 is 0 Å². The highest BCUT2D eigenvalue weighted by atomic mass is 16.5. The second kappa shape index (κ2) is 17.1. The Bertz CT molecular complexity index is 1170. The van der Waals surface area contributed by atoms with Crippen molar-refractivity contribution >= 4 is 11.0 Å². The van der Waals surface area contributed by atoms with Crippen molar-refractivity contribution in [1.82, 2.24) is 9.13 Å². The first-order chi connectivity index (χ1) is 19.1. The van der Waals surface area contributed by atoms with E-state index < -0.39 is 6.10 Å². The van der Waals surface area contributed by atoms with Crippen molar-refractivity contribution in [2.45, 2.75) is 116 Å². The largest absolute Gasteiger partial charge is 0.493 e. The summed E-state index contributed by atoms with van der Waals surface area (Å²) in [5.41, 5.74) is 3.21. The third-order valence-electron chi connectivity index (χ3n) is 7.86. The summed E-state index contributed by atoms with van der Waals surface area (Å²) >= 11 is 0. The molecule has 2 N–H and O–H groups in total. The quantitative estimate of drug-likeness (QED) is 0.143.